The molecule has 0 radical (unpaired) electrons. The third kappa shape index (κ3) is 5.67. The Balaban J connectivity index is 2.42. The first kappa shape index (κ1) is 15.9. The molecule has 0 aromatic heterocycles. The van der Waals surface area contributed by atoms with E-state index >= 15 is 0 Å². The second-order valence-electron chi connectivity index (χ2n) is 6.04. The summed E-state index contributed by atoms with van der Waals surface area (Å²) in [6, 6.07) is 0.657. The van der Waals surface area contributed by atoms with E-state index in [1.54, 1.807) is 0 Å². The summed E-state index contributed by atoms with van der Waals surface area (Å²) in [5.41, 5.74) is 0. The van der Waals surface area contributed by atoms with Gasteiger partial charge in [0.25, 0.3) is 0 Å². The molecule has 0 aromatic rings. The standard InChI is InChI=1S/C13H28N2O2S/c1-11(2)9-15(12(3)4)7-5-13-10-18(16,17)8-6-14-13/h11-14H,5-10H2,1-4H3. The molecule has 1 saturated heterocycles. The Hall–Kier alpha value is -0.130. The summed E-state index contributed by atoms with van der Waals surface area (Å²) in [7, 11) is -2.80. The minimum Gasteiger partial charge on any atom is -0.312 e. The molecule has 0 aromatic carbocycles. The van der Waals surface area contributed by atoms with Crippen molar-refractivity contribution in [3.05, 3.63) is 0 Å². The van der Waals surface area contributed by atoms with Crippen molar-refractivity contribution in [3.8, 4) is 0 Å². The fourth-order valence-electron chi connectivity index (χ4n) is 2.40. The molecule has 0 amide bonds. The highest BCUT2D eigenvalue weighted by atomic mass is 32.2. The zero-order valence-corrected chi connectivity index (χ0v) is 13.0. The first-order chi connectivity index (χ1) is 8.30. The maximum absolute atomic E-state index is 11.6. The monoisotopic (exact) mass is 276 g/mol. The van der Waals surface area contributed by atoms with Gasteiger partial charge < -0.3 is 10.2 Å². The Morgan fingerprint density at radius 2 is 1.94 bits per heavy atom. The van der Waals surface area contributed by atoms with E-state index in [2.05, 4.69) is 37.9 Å². The number of nitrogens with one attached hydrogen (secondary N) is 1. The minimum atomic E-state index is -2.80. The van der Waals surface area contributed by atoms with Crippen molar-refractivity contribution in [2.24, 2.45) is 5.92 Å². The molecule has 18 heavy (non-hydrogen) atoms. The van der Waals surface area contributed by atoms with Crippen LogP contribution in [0.1, 0.15) is 34.1 Å². The van der Waals surface area contributed by atoms with Crippen LogP contribution in [-0.4, -0.2) is 56.5 Å². The Morgan fingerprint density at radius 3 is 2.44 bits per heavy atom. The lowest BCUT2D eigenvalue weighted by atomic mass is 10.1. The van der Waals surface area contributed by atoms with Crippen molar-refractivity contribution in [3.63, 3.8) is 0 Å². The molecule has 1 aliphatic rings. The van der Waals surface area contributed by atoms with E-state index in [9.17, 15) is 8.42 Å². The van der Waals surface area contributed by atoms with E-state index in [4.69, 9.17) is 0 Å². The van der Waals surface area contributed by atoms with Gasteiger partial charge in [0.2, 0.25) is 0 Å². The molecular formula is C13H28N2O2S. The van der Waals surface area contributed by atoms with Crippen molar-refractivity contribution in [1.82, 2.24) is 10.2 Å². The first-order valence-electron chi connectivity index (χ1n) is 6.98. The molecule has 1 fully saturated rings. The Bertz CT molecular complexity index is 339. The third-order valence-corrected chi connectivity index (χ3v) is 5.13. The summed E-state index contributed by atoms with van der Waals surface area (Å²) in [5.74, 6) is 1.25. The van der Waals surface area contributed by atoms with E-state index in [1.165, 1.54) is 0 Å². The second-order valence-corrected chi connectivity index (χ2v) is 8.27. The molecule has 5 heteroatoms. The summed E-state index contributed by atoms with van der Waals surface area (Å²) >= 11 is 0. The van der Waals surface area contributed by atoms with E-state index in [-0.39, 0.29) is 6.04 Å². The van der Waals surface area contributed by atoms with Gasteiger partial charge in [-0.3, -0.25) is 0 Å². The van der Waals surface area contributed by atoms with Crippen LogP contribution in [0.4, 0.5) is 0 Å². The summed E-state index contributed by atoms with van der Waals surface area (Å²) < 4.78 is 23.1. The largest absolute Gasteiger partial charge is 0.312 e. The zero-order valence-electron chi connectivity index (χ0n) is 12.1. The van der Waals surface area contributed by atoms with Crippen molar-refractivity contribution < 1.29 is 8.42 Å². The van der Waals surface area contributed by atoms with Crippen LogP contribution in [0.2, 0.25) is 0 Å². The molecule has 1 unspecified atom stereocenters. The fourth-order valence-corrected chi connectivity index (χ4v) is 3.90. The van der Waals surface area contributed by atoms with Crippen LogP contribution in [0, 0.1) is 5.92 Å². The van der Waals surface area contributed by atoms with Gasteiger partial charge in [-0.05, 0) is 32.7 Å². The van der Waals surface area contributed by atoms with Crippen LogP contribution < -0.4 is 5.32 Å². The molecule has 0 aliphatic carbocycles. The molecule has 1 rings (SSSR count). The van der Waals surface area contributed by atoms with Crippen LogP contribution in [0.25, 0.3) is 0 Å². The predicted molar refractivity (Wildman–Crippen MR) is 76.6 cm³/mol. The first-order valence-corrected chi connectivity index (χ1v) is 8.80. The molecule has 108 valence electrons. The van der Waals surface area contributed by atoms with Gasteiger partial charge in [0, 0.05) is 25.2 Å². The maximum atomic E-state index is 11.6. The van der Waals surface area contributed by atoms with Gasteiger partial charge in [0.15, 0.2) is 9.84 Å². The van der Waals surface area contributed by atoms with Crippen LogP contribution >= 0.6 is 0 Å². The summed E-state index contributed by atoms with van der Waals surface area (Å²) in [6.07, 6.45) is 0.921. The maximum Gasteiger partial charge on any atom is 0.153 e. The van der Waals surface area contributed by atoms with Crippen LogP contribution in [-0.2, 0) is 9.84 Å². The molecule has 1 atom stereocenters. The molecule has 1 aliphatic heterocycles. The van der Waals surface area contributed by atoms with Crippen molar-refractivity contribution in [1.29, 1.82) is 0 Å². The number of sulfone groups is 1. The van der Waals surface area contributed by atoms with Crippen molar-refractivity contribution >= 4 is 9.84 Å². The van der Waals surface area contributed by atoms with E-state index in [0.717, 1.165) is 19.5 Å². The van der Waals surface area contributed by atoms with Gasteiger partial charge >= 0.3 is 0 Å². The van der Waals surface area contributed by atoms with E-state index in [1.807, 2.05) is 0 Å². The van der Waals surface area contributed by atoms with Gasteiger partial charge in [-0.2, -0.15) is 0 Å². The molecular weight excluding hydrogens is 248 g/mol. The Morgan fingerprint density at radius 1 is 1.28 bits per heavy atom. The van der Waals surface area contributed by atoms with Gasteiger partial charge in [-0.15, -0.1) is 0 Å². The molecule has 1 N–H and O–H groups in total. The lowest BCUT2D eigenvalue weighted by Gasteiger charge is -2.31. The quantitative estimate of drug-likeness (QED) is 0.790. The zero-order chi connectivity index (χ0) is 13.8. The average Bonchev–Trinajstić information content (AvgIpc) is 2.22. The fraction of sp³-hybridized carbons (Fsp3) is 1.00. The molecule has 0 saturated carbocycles. The van der Waals surface area contributed by atoms with Gasteiger partial charge in [0.1, 0.15) is 0 Å². The van der Waals surface area contributed by atoms with Crippen LogP contribution in [0.5, 0.6) is 0 Å². The second kappa shape index (κ2) is 6.87. The number of hydrogen-bond acceptors (Lipinski definition) is 4. The molecule has 1 heterocycles. The Kier molecular flexibility index (Phi) is 6.08. The van der Waals surface area contributed by atoms with E-state index < -0.39 is 9.84 Å². The highest BCUT2D eigenvalue weighted by molar-refractivity contribution is 7.91. The Labute approximate surface area is 112 Å². The average molecular weight is 276 g/mol. The van der Waals surface area contributed by atoms with Gasteiger partial charge in [-0.1, -0.05) is 13.8 Å². The smallest absolute Gasteiger partial charge is 0.153 e. The third-order valence-electron chi connectivity index (χ3n) is 3.40. The topological polar surface area (TPSA) is 49.4 Å². The molecule has 0 bridgehead atoms. The number of rotatable bonds is 6. The van der Waals surface area contributed by atoms with E-state index in [0.29, 0.717) is 30.0 Å². The lowest BCUT2D eigenvalue weighted by Crippen LogP contribution is -2.47. The SMILES string of the molecule is CC(C)CN(CCC1CS(=O)(=O)CCN1)C(C)C. The highest BCUT2D eigenvalue weighted by Crippen LogP contribution is 2.09. The van der Waals surface area contributed by atoms with Crippen LogP contribution in [0.15, 0.2) is 0 Å². The lowest BCUT2D eigenvalue weighted by molar-refractivity contribution is 0.189. The van der Waals surface area contributed by atoms with Gasteiger partial charge in [-0.25, -0.2) is 8.42 Å². The normalized spacial score (nSPS) is 24.1. The highest BCUT2D eigenvalue weighted by Gasteiger charge is 2.24. The molecule has 0 spiro atoms. The predicted octanol–water partition coefficient (Wildman–Crippen LogP) is 1.13. The van der Waals surface area contributed by atoms with Crippen molar-refractivity contribution in [2.45, 2.75) is 46.2 Å². The van der Waals surface area contributed by atoms with Gasteiger partial charge in [0.05, 0.1) is 11.5 Å². The number of hydrogen-bond donors (Lipinski definition) is 1. The van der Waals surface area contributed by atoms with Crippen LogP contribution in [0.3, 0.4) is 0 Å². The minimum absolute atomic E-state index is 0.136. The summed E-state index contributed by atoms with van der Waals surface area (Å²) in [6.45, 7) is 11.5. The van der Waals surface area contributed by atoms with Crippen molar-refractivity contribution in [2.75, 3.05) is 31.1 Å². The number of nitrogens with zero attached hydrogens (tertiary/aromatic N) is 1. The molecule has 4 nitrogen and oxygen atoms in total. The summed E-state index contributed by atoms with van der Waals surface area (Å²) in [5, 5.41) is 3.32. The summed E-state index contributed by atoms with van der Waals surface area (Å²) in [4.78, 5) is 2.44.